The molecule has 0 spiro atoms. The molecule has 5 heteroatoms. The Balaban J connectivity index is 1.75. The maximum absolute atomic E-state index is 12.7. The molecule has 5 nitrogen and oxygen atoms in total. The third kappa shape index (κ3) is 3.42. The molecule has 0 aliphatic carbocycles. The SMILES string of the molecule is Cc1ccc2c(-c3ccc4c(c3)N(C(=O)OC(C)(C)C)CCC4)n[nH]c2c1. The van der Waals surface area contributed by atoms with Crippen molar-refractivity contribution in [3.05, 3.63) is 47.5 Å². The van der Waals surface area contributed by atoms with Crippen LogP contribution in [-0.2, 0) is 11.2 Å². The largest absolute Gasteiger partial charge is 0.443 e. The van der Waals surface area contributed by atoms with Gasteiger partial charge in [0, 0.05) is 17.5 Å². The zero-order valence-electron chi connectivity index (χ0n) is 16.3. The fourth-order valence-corrected chi connectivity index (χ4v) is 3.58. The summed E-state index contributed by atoms with van der Waals surface area (Å²) in [5.41, 5.74) is 5.71. The van der Waals surface area contributed by atoms with Gasteiger partial charge in [0.15, 0.2) is 0 Å². The van der Waals surface area contributed by atoms with Crippen molar-refractivity contribution in [1.29, 1.82) is 0 Å². The highest BCUT2D eigenvalue weighted by molar-refractivity contribution is 5.95. The number of fused-ring (bicyclic) bond motifs is 2. The third-order valence-corrected chi connectivity index (χ3v) is 4.81. The minimum Gasteiger partial charge on any atom is -0.443 e. The highest BCUT2D eigenvalue weighted by atomic mass is 16.6. The van der Waals surface area contributed by atoms with Crippen LogP contribution in [0.5, 0.6) is 0 Å². The van der Waals surface area contributed by atoms with Gasteiger partial charge in [-0.15, -0.1) is 0 Å². The number of rotatable bonds is 1. The number of anilines is 1. The molecule has 1 aromatic heterocycles. The smallest absolute Gasteiger partial charge is 0.414 e. The number of hydrogen-bond donors (Lipinski definition) is 1. The molecule has 1 N–H and O–H groups in total. The van der Waals surface area contributed by atoms with Crippen LogP contribution in [0.2, 0.25) is 0 Å². The molecule has 1 amide bonds. The van der Waals surface area contributed by atoms with Gasteiger partial charge < -0.3 is 4.74 Å². The molecule has 140 valence electrons. The van der Waals surface area contributed by atoms with Crippen LogP contribution in [0.1, 0.15) is 38.3 Å². The van der Waals surface area contributed by atoms with Crippen LogP contribution in [0, 0.1) is 6.92 Å². The Morgan fingerprint density at radius 1 is 1.19 bits per heavy atom. The summed E-state index contributed by atoms with van der Waals surface area (Å²) >= 11 is 0. The van der Waals surface area contributed by atoms with Crippen LogP contribution in [0.3, 0.4) is 0 Å². The van der Waals surface area contributed by atoms with Gasteiger partial charge in [-0.3, -0.25) is 10.00 Å². The van der Waals surface area contributed by atoms with E-state index in [9.17, 15) is 4.79 Å². The van der Waals surface area contributed by atoms with Crippen molar-refractivity contribution in [3.8, 4) is 11.3 Å². The van der Waals surface area contributed by atoms with E-state index < -0.39 is 5.60 Å². The molecule has 0 bridgehead atoms. The van der Waals surface area contributed by atoms with E-state index in [2.05, 4.69) is 53.5 Å². The molecule has 0 fully saturated rings. The molecule has 3 aromatic rings. The highest BCUT2D eigenvalue weighted by Gasteiger charge is 2.27. The van der Waals surface area contributed by atoms with Gasteiger partial charge in [-0.1, -0.05) is 24.3 Å². The minimum absolute atomic E-state index is 0.289. The Hall–Kier alpha value is -2.82. The van der Waals surface area contributed by atoms with E-state index >= 15 is 0 Å². The molecule has 1 aliphatic heterocycles. The van der Waals surface area contributed by atoms with E-state index in [1.54, 1.807) is 4.90 Å². The number of aromatic nitrogens is 2. The normalized spacial score (nSPS) is 14.3. The molecule has 0 unspecified atom stereocenters. The van der Waals surface area contributed by atoms with Gasteiger partial charge in [-0.05, 0) is 63.8 Å². The lowest BCUT2D eigenvalue weighted by atomic mass is 9.97. The summed E-state index contributed by atoms with van der Waals surface area (Å²) in [5, 5.41) is 8.73. The number of amides is 1. The van der Waals surface area contributed by atoms with Crippen molar-refractivity contribution in [2.45, 2.75) is 46.1 Å². The summed E-state index contributed by atoms with van der Waals surface area (Å²) in [6, 6.07) is 12.5. The first kappa shape index (κ1) is 17.6. The van der Waals surface area contributed by atoms with Crippen molar-refractivity contribution in [1.82, 2.24) is 10.2 Å². The van der Waals surface area contributed by atoms with Gasteiger partial charge in [-0.2, -0.15) is 5.10 Å². The molecular weight excluding hydrogens is 338 g/mol. The number of aryl methyl sites for hydroxylation is 2. The molecule has 0 radical (unpaired) electrons. The van der Waals surface area contributed by atoms with E-state index in [0.717, 1.165) is 40.7 Å². The van der Waals surface area contributed by atoms with E-state index in [0.29, 0.717) is 6.54 Å². The zero-order valence-corrected chi connectivity index (χ0v) is 16.3. The second-order valence-corrected chi connectivity index (χ2v) is 8.20. The van der Waals surface area contributed by atoms with Crippen molar-refractivity contribution >= 4 is 22.7 Å². The first-order chi connectivity index (χ1) is 12.8. The third-order valence-electron chi connectivity index (χ3n) is 4.81. The standard InChI is InChI=1S/C22H25N3O2/c1-14-7-10-17-18(12-14)23-24-20(17)16-9-8-15-6-5-11-25(19(15)13-16)21(26)27-22(2,3)4/h7-10,12-13H,5-6,11H2,1-4H3,(H,23,24). The predicted octanol–water partition coefficient (Wildman–Crippen LogP) is 5.23. The van der Waals surface area contributed by atoms with Crippen LogP contribution in [0.15, 0.2) is 36.4 Å². The Kier molecular flexibility index (Phi) is 4.17. The lowest BCUT2D eigenvalue weighted by Gasteiger charge is -2.32. The summed E-state index contributed by atoms with van der Waals surface area (Å²) in [4.78, 5) is 14.5. The lowest BCUT2D eigenvalue weighted by molar-refractivity contribution is 0.0578. The number of hydrogen-bond acceptors (Lipinski definition) is 3. The van der Waals surface area contributed by atoms with E-state index in [1.165, 1.54) is 11.1 Å². The fraction of sp³-hybridized carbons (Fsp3) is 0.364. The molecule has 4 rings (SSSR count). The first-order valence-electron chi connectivity index (χ1n) is 9.40. The summed E-state index contributed by atoms with van der Waals surface area (Å²) in [6.07, 6.45) is 1.62. The predicted molar refractivity (Wildman–Crippen MR) is 108 cm³/mol. The Labute approximate surface area is 159 Å². The van der Waals surface area contributed by atoms with Crippen LogP contribution in [-0.4, -0.2) is 28.4 Å². The van der Waals surface area contributed by atoms with Gasteiger partial charge in [0.25, 0.3) is 0 Å². The first-order valence-corrected chi connectivity index (χ1v) is 9.40. The van der Waals surface area contributed by atoms with Gasteiger partial charge in [0.2, 0.25) is 0 Å². The summed E-state index contributed by atoms with van der Waals surface area (Å²) in [6.45, 7) is 8.42. The quantitative estimate of drug-likeness (QED) is 0.644. The monoisotopic (exact) mass is 363 g/mol. The maximum atomic E-state index is 12.7. The zero-order chi connectivity index (χ0) is 19.2. The molecule has 1 aliphatic rings. The molecule has 2 aromatic carbocycles. The minimum atomic E-state index is -0.511. The number of aromatic amines is 1. The summed E-state index contributed by atoms with van der Waals surface area (Å²) < 4.78 is 5.61. The van der Waals surface area contributed by atoms with Crippen LogP contribution >= 0.6 is 0 Å². The number of ether oxygens (including phenoxy) is 1. The van der Waals surface area contributed by atoms with Gasteiger partial charge in [-0.25, -0.2) is 4.79 Å². The van der Waals surface area contributed by atoms with Crippen molar-refractivity contribution in [2.75, 3.05) is 11.4 Å². The number of nitrogens with zero attached hydrogens (tertiary/aromatic N) is 2. The number of nitrogens with one attached hydrogen (secondary N) is 1. The second kappa shape index (κ2) is 6.41. The number of benzene rings is 2. The van der Waals surface area contributed by atoms with Crippen molar-refractivity contribution < 1.29 is 9.53 Å². The topological polar surface area (TPSA) is 58.2 Å². The van der Waals surface area contributed by atoms with Crippen molar-refractivity contribution in [3.63, 3.8) is 0 Å². The van der Waals surface area contributed by atoms with E-state index in [1.807, 2.05) is 20.8 Å². The Bertz CT molecular complexity index is 1010. The summed E-state index contributed by atoms with van der Waals surface area (Å²) in [5.74, 6) is 0. The van der Waals surface area contributed by atoms with Crippen molar-refractivity contribution in [2.24, 2.45) is 0 Å². The molecular formula is C22H25N3O2. The van der Waals surface area contributed by atoms with E-state index in [-0.39, 0.29) is 6.09 Å². The van der Waals surface area contributed by atoms with Gasteiger partial charge in [0.1, 0.15) is 5.60 Å². The average Bonchev–Trinajstić information content (AvgIpc) is 3.02. The molecule has 2 heterocycles. The van der Waals surface area contributed by atoms with E-state index in [4.69, 9.17) is 4.74 Å². The fourth-order valence-electron chi connectivity index (χ4n) is 3.58. The number of carbonyl (C=O) groups is 1. The highest BCUT2D eigenvalue weighted by Crippen LogP contribution is 2.34. The second-order valence-electron chi connectivity index (χ2n) is 8.20. The van der Waals surface area contributed by atoms with Crippen LogP contribution in [0.4, 0.5) is 10.5 Å². The number of carbonyl (C=O) groups excluding carboxylic acids is 1. The average molecular weight is 363 g/mol. The molecule has 0 saturated heterocycles. The van der Waals surface area contributed by atoms with Gasteiger partial charge >= 0.3 is 6.09 Å². The lowest BCUT2D eigenvalue weighted by Crippen LogP contribution is -2.39. The molecule has 27 heavy (non-hydrogen) atoms. The molecule has 0 saturated carbocycles. The van der Waals surface area contributed by atoms with Crippen LogP contribution in [0.25, 0.3) is 22.2 Å². The van der Waals surface area contributed by atoms with Crippen LogP contribution < -0.4 is 4.90 Å². The summed E-state index contributed by atoms with van der Waals surface area (Å²) in [7, 11) is 0. The Morgan fingerprint density at radius 2 is 2.00 bits per heavy atom. The van der Waals surface area contributed by atoms with Gasteiger partial charge in [0.05, 0.1) is 16.9 Å². The number of H-pyrrole nitrogens is 1. The molecule has 0 atom stereocenters. The Morgan fingerprint density at radius 3 is 2.78 bits per heavy atom. The maximum Gasteiger partial charge on any atom is 0.414 e.